The van der Waals surface area contributed by atoms with Crippen LogP contribution in [0, 0.1) is 18.2 Å². The summed E-state index contributed by atoms with van der Waals surface area (Å²) in [6, 6.07) is 5.27. The Balaban J connectivity index is 1.71. The molecule has 1 aliphatic heterocycles. The van der Waals surface area contributed by atoms with Crippen LogP contribution in [0.5, 0.6) is 0 Å². The highest BCUT2D eigenvalue weighted by Gasteiger charge is 2.44. The van der Waals surface area contributed by atoms with E-state index in [4.69, 9.17) is 0 Å². The summed E-state index contributed by atoms with van der Waals surface area (Å²) in [6.07, 6.45) is 5.39. The number of likely N-dealkylation sites (tertiary alicyclic amines) is 1. The van der Waals surface area contributed by atoms with Crippen molar-refractivity contribution >= 4 is 0 Å². The number of aliphatic hydroxyl groups excluding tert-OH is 1. The molecule has 1 saturated heterocycles. The first-order valence-electron chi connectivity index (χ1n) is 7.74. The highest BCUT2D eigenvalue weighted by molar-refractivity contribution is 5.23. The molecular weight excluding hydrogens is 253 g/mol. The number of aryl methyl sites for hydroxylation is 1. The molecular formula is C17H24FNO. The maximum atomic E-state index is 13.5. The van der Waals surface area contributed by atoms with E-state index in [0.717, 1.165) is 62.9 Å². The first kappa shape index (κ1) is 14.0. The van der Waals surface area contributed by atoms with Gasteiger partial charge in [-0.1, -0.05) is 12.5 Å². The van der Waals surface area contributed by atoms with Gasteiger partial charge in [0, 0.05) is 18.5 Å². The highest BCUT2D eigenvalue weighted by Crippen LogP contribution is 2.45. The van der Waals surface area contributed by atoms with Gasteiger partial charge in [0.1, 0.15) is 5.82 Å². The maximum absolute atomic E-state index is 13.5. The van der Waals surface area contributed by atoms with Crippen molar-refractivity contribution in [2.75, 3.05) is 13.1 Å². The summed E-state index contributed by atoms with van der Waals surface area (Å²) in [7, 11) is 0. The van der Waals surface area contributed by atoms with Gasteiger partial charge in [-0.3, -0.25) is 4.90 Å². The standard InChI is InChI=1S/C17H24FNO/c1-13-8-14(10-15(18)9-13)11-19-7-3-6-17(12-19)5-2-4-16(17)20/h8-10,16,20H,2-7,11-12H2,1H3/t16-,17-/m1/s1. The fraction of sp³-hybridized carbons (Fsp3) is 0.647. The summed E-state index contributed by atoms with van der Waals surface area (Å²) >= 11 is 0. The van der Waals surface area contributed by atoms with Crippen molar-refractivity contribution in [3.8, 4) is 0 Å². The quantitative estimate of drug-likeness (QED) is 0.897. The molecule has 2 fully saturated rings. The number of hydrogen-bond donors (Lipinski definition) is 1. The lowest BCUT2D eigenvalue weighted by Gasteiger charge is -2.42. The number of benzene rings is 1. The number of nitrogens with zero attached hydrogens (tertiary/aromatic N) is 1. The van der Waals surface area contributed by atoms with Crippen LogP contribution in [0.2, 0.25) is 0 Å². The lowest BCUT2D eigenvalue weighted by molar-refractivity contribution is -0.0120. The second kappa shape index (κ2) is 5.45. The van der Waals surface area contributed by atoms with E-state index < -0.39 is 0 Å². The zero-order valence-corrected chi connectivity index (χ0v) is 12.2. The minimum atomic E-state index is -0.146. The second-order valence-corrected chi connectivity index (χ2v) is 6.72. The van der Waals surface area contributed by atoms with Crippen LogP contribution >= 0.6 is 0 Å². The van der Waals surface area contributed by atoms with Crippen LogP contribution in [-0.2, 0) is 6.54 Å². The van der Waals surface area contributed by atoms with Gasteiger partial charge in [0.25, 0.3) is 0 Å². The smallest absolute Gasteiger partial charge is 0.123 e. The highest BCUT2D eigenvalue weighted by atomic mass is 19.1. The van der Waals surface area contributed by atoms with Crippen molar-refractivity contribution in [3.63, 3.8) is 0 Å². The molecule has 0 radical (unpaired) electrons. The fourth-order valence-electron chi connectivity index (χ4n) is 4.15. The van der Waals surface area contributed by atoms with Crippen LogP contribution in [0.15, 0.2) is 18.2 Å². The molecule has 1 aromatic carbocycles. The van der Waals surface area contributed by atoms with Crippen molar-refractivity contribution in [2.24, 2.45) is 5.41 Å². The van der Waals surface area contributed by atoms with Gasteiger partial charge in [-0.2, -0.15) is 0 Å². The Morgan fingerprint density at radius 1 is 1.30 bits per heavy atom. The Bertz CT molecular complexity index is 470. The van der Waals surface area contributed by atoms with E-state index in [0.29, 0.717) is 0 Å². The molecule has 1 saturated carbocycles. The van der Waals surface area contributed by atoms with Crippen LogP contribution in [0.4, 0.5) is 4.39 Å². The van der Waals surface area contributed by atoms with Crippen LogP contribution in [-0.4, -0.2) is 29.2 Å². The largest absolute Gasteiger partial charge is 0.393 e. The summed E-state index contributed by atoms with van der Waals surface area (Å²) in [6.45, 7) is 4.76. The van der Waals surface area contributed by atoms with Gasteiger partial charge >= 0.3 is 0 Å². The molecule has 20 heavy (non-hydrogen) atoms. The normalized spacial score (nSPS) is 31.1. The van der Waals surface area contributed by atoms with Gasteiger partial charge in [-0.15, -0.1) is 0 Å². The van der Waals surface area contributed by atoms with E-state index >= 15 is 0 Å². The average molecular weight is 277 g/mol. The Morgan fingerprint density at radius 3 is 2.80 bits per heavy atom. The van der Waals surface area contributed by atoms with Crippen molar-refractivity contribution in [3.05, 3.63) is 35.1 Å². The molecule has 2 atom stereocenters. The molecule has 3 rings (SSSR count). The average Bonchev–Trinajstić information content (AvgIpc) is 2.69. The summed E-state index contributed by atoms with van der Waals surface area (Å²) < 4.78 is 13.5. The van der Waals surface area contributed by atoms with Gasteiger partial charge in [0.15, 0.2) is 0 Å². The number of hydrogen-bond acceptors (Lipinski definition) is 2. The molecule has 2 nitrogen and oxygen atoms in total. The summed E-state index contributed by atoms with van der Waals surface area (Å²) in [5.74, 6) is -0.146. The van der Waals surface area contributed by atoms with Crippen LogP contribution in [0.1, 0.15) is 43.2 Å². The molecule has 0 aromatic heterocycles. The van der Waals surface area contributed by atoms with Gasteiger partial charge in [0.2, 0.25) is 0 Å². The van der Waals surface area contributed by atoms with Gasteiger partial charge in [-0.05, 0) is 62.4 Å². The lowest BCUT2D eigenvalue weighted by Crippen LogP contribution is -2.46. The van der Waals surface area contributed by atoms with Crippen molar-refractivity contribution in [1.82, 2.24) is 4.90 Å². The van der Waals surface area contributed by atoms with E-state index in [1.165, 1.54) is 0 Å². The predicted octanol–water partition coefficient (Wildman–Crippen LogP) is 3.26. The third-order valence-electron chi connectivity index (χ3n) is 5.05. The fourth-order valence-corrected chi connectivity index (χ4v) is 4.15. The van der Waals surface area contributed by atoms with E-state index in [1.54, 1.807) is 12.1 Å². The molecule has 0 unspecified atom stereocenters. The first-order valence-corrected chi connectivity index (χ1v) is 7.74. The van der Waals surface area contributed by atoms with E-state index in [-0.39, 0.29) is 17.3 Å². The summed E-state index contributed by atoms with van der Waals surface area (Å²) in [5, 5.41) is 10.3. The summed E-state index contributed by atoms with van der Waals surface area (Å²) in [4.78, 5) is 2.40. The zero-order chi connectivity index (χ0) is 14.2. The number of piperidine rings is 1. The van der Waals surface area contributed by atoms with E-state index in [9.17, 15) is 9.50 Å². The molecule has 1 aromatic rings. The topological polar surface area (TPSA) is 23.5 Å². The maximum Gasteiger partial charge on any atom is 0.123 e. The Labute approximate surface area is 120 Å². The Hall–Kier alpha value is -0.930. The molecule has 0 amide bonds. The predicted molar refractivity (Wildman–Crippen MR) is 77.9 cm³/mol. The van der Waals surface area contributed by atoms with Gasteiger partial charge < -0.3 is 5.11 Å². The Morgan fingerprint density at radius 2 is 2.10 bits per heavy atom. The molecule has 2 aliphatic rings. The first-order chi connectivity index (χ1) is 9.57. The molecule has 1 N–H and O–H groups in total. The minimum Gasteiger partial charge on any atom is -0.393 e. The minimum absolute atomic E-state index is 0.112. The summed E-state index contributed by atoms with van der Waals surface area (Å²) in [5.41, 5.74) is 2.14. The molecule has 1 aliphatic carbocycles. The Kier molecular flexibility index (Phi) is 3.83. The van der Waals surface area contributed by atoms with E-state index in [1.807, 2.05) is 6.92 Å². The van der Waals surface area contributed by atoms with Gasteiger partial charge in [-0.25, -0.2) is 4.39 Å². The third-order valence-corrected chi connectivity index (χ3v) is 5.05. The lowest BCUT2D eigenvalue weighted by atomic mass is 9.76. The molecule has 110 valence electrons. The number of aliphatic hydroxyl groups is 1. The SMILES string of the molecule is Cc1cc(F)cc(CN2CCC[C@]3(CCC[C@H]3O)C2)c1. The molecule has 1 spiro atoms. The molecule has 0 bridgehead atoms. The van der Waals surface area contributed by atoms with Crippen molar-refractivity contribution in [2.45, 2.75) is 51.7 Å². The van der Waals surface area contributed by atoms with Crippen LogP contribution in [0.3, 0.4) is 0 Å². The zero-order valence-electron chi connectivity index (χ0n) is 12.2. The monoisotopic (exact) mass is 277 g/mol. The van der Waals surface area contributed by atoms with Crippen LogP contribution in [0.25, 0.3) is 0 Å². The third kappa shape index (κ3) is 2.75. The van der Waals surface area contributed by atoms with Crippen LogP contribution < -0.4 is 0 Å². The molecule has 3 heteroatoms. The van der Waals surface area contributed by atoms with Gasteiger partial charge in [0.05, 0.1) is 6.10 Å². The van der Waals surface area contributed by atoms with E-state index in [2.05, 4.69) is 11.0 Å². The van der Waals surface area contributed by atoms with Crippen molar-refractivity contribution in [1.29, 1.82) is 0 Å². The van der Waals surface area contributed by atoms with Crippen molar-refractivity contribution < 1.29 is 9.50 Å². The second-order valence-electron chi connectivity index (χ2n) is 6.72. The molecule has 1 heterocycles. The number of rotatable bonds is 2. The number of halogens is 1.